The number of carbonyl (C=O) groups is 1. The largest absolute Gasteiger partial charge is 0.458 e. The number of alkyl halides is 3. The molecule has 0 fully saturated rings. The topological polar surface area (TPSA) is 56.2 Å². The average molecular weight is 193 g/mol. The molecule has 0 bridgehead atoms. The predicted octanol–water partition coefficient (Wildman–Crippen LogP) is 1.48. The van der Waals surface area contributed by atoms with Crippen LogP contribution in [0.5, 0.6) is 0 Å². The molecule has 1 rings (SSSR count). The Morgan fingerprint density at radius 1 is 1.46 bits per heavy atom. The number of carbonyl (C=O) groups excluding carboxylic acids is 1. The SMILES string of the molecule is NCc1ccc(C(=O)C(F)(F)F)o1. The number of furan rings is 1. The number of hydrogen-bond acceptors (Lipinski definition) is 3. The first-order chi connectivity index (χ1) is 5.95. The van der Waals surface area contributed by atoms with Crippen LogP contribution in [0.25, 0.3) is 0 Å². The van der Waals surface area contributed by atoms with E-state index < -0.39 is 17.7 Å². The molecule has 72 valence electrons. The zero-order valence-corrected chi connectivity index (χ0v) is 6.39. The third-order valence-corrected chi connectivity index (χ3v) is 1.34. The Bertz CT molecular complexity index is 316. The summed E-state index contributed by atoms with van der Waals surface area (Å²) in [4.78, 5) is 10.5. The van der Waals surface area contributed by atoms with E-state index in [9.17, 15) is 18.0 Å². The van der Waals surface area contributed by atoms with Gasteiger partial charge in [0.2, 0.25) is 0 Å². The fourth-order valence-corrected chi connectivity index (χ4v) is 0.749. The zero-order chi connectivity index (χ0) is 10.1. The third kappa shape index (κ3) is 2.09. The summed E-state index contributed by atoms with van der Waals surface area (Å²) in [6.07, 6.45) is -4.90. The van der Waals surface area contributed by atoms with Crippen LogP contribution in [-0.4, -0.2) is 12.0 Å². The standard InChI is InChI=1S/C7H6F3NO2/c8-7(9,10)6(12)5-2-1-4(3-11)13-5/h1-2H,3,11H2. The van der Waals surface area contributed by atoms with Crippen LogP contribution >= 0.6 is 0 Å². The molecule has 0 spiro atoms. The average Bonchev–Trinajstić information content (AvgIpc) is 2.48. The van der Waals surface area contributed by atoms with E-state index in [1.54, 1.807) is 0 Å². The molecule has 0 unspecified atom stereocenters. The Morgan fingerprint density at radius 3 is 2.46 bits per heavy atom. The number of hydrogen-bond donors (Lipinski definition) is 1. The van der Waals surface area contributed by atoms with E-state index in [0.29, 0.717) is 0 Å². The van der Waals surface area contributed by atoms with Gasteiger partial charge in [-0.1, -0.05) is 0 Å². The minimum atomic E-state index is -4.90. The number of ketones is 1. The van der Waals surface area contributed by atoms with Gasteiger partial charge in [0.25, 0.3) is 0 Å². The molecule has 0 aromatic carbocycles. The van der Waals surface area contributed by atoms with Crippen LogP contribution in [0.1, 0.15) is 16.3 Å². The van der Waals surface area contributed by atoms with Crippen LogP contribution in [0.4, 0.5) is 13.2 Å². The molecule has 6 heteroatoms. The van der Waals surface area contributed by atoms with E-state index in [1.807, 2.05) is 0 Å². The van der Waals surface area contributed by atoms with Gasteiger partial charge < -0.3 is 10.2 Å². The van der Waals surface area contributed by atoms with Gasteiger partial charge in [0, 0.05) is 0 Å². The van der Waals surface area contributed by atoms with Crippen molar-refractivity contribution in [2.45, 2.75) is 12.7 Å². The summed E-state index contributed by atoms with van der Waals surface area (Å²) in [5, 5.41) is 0. The normalized spacial score (nSPS) is 11.7. The number of rotatable bonds is 2. The van der Waals surface area contributed by atoms with Gasteiger partial charge in [0.1, 0.15) is 5.76 Å². The van der Waals surface area contributed by atoms with Crippen LogP contribution in [0.2, 0.25) is 0 Å². The molecule has 0 saturated carbocycles. The van der Waals surface area contributed by atoms with Crippen molar-refractivity contribution < 1.29 is 22.4 Å². The summed E-state index contributed by atoms with van der Waals surface area (Å²) in [7, 11) is 0. The molecule has 0 aliphatic carbocycles. The third-order valence-electron chi connectivity index (χ3n) is 1.34. The molecule has 0 saturated heterocycles. The maximum atomic E-state index is 11.8. The molecule has 13 heavy (non-hydrogen) atoms. The molecule has 0 atom stereocenters. The van der Waals surface area contributed by atoms with Gasteiger partial charge in [0.05, 0.1) is 6.54 Å². The molecule has 2 N–H and O–H groups in total. The molecule has 1 aromatic rings. The molecule has 0 radical (unpaired) electrons. The van der Waals surface area contributed by atoms with Crippen molar-refractivity contribution >= 4 is 5.78 Å². The first-order valence-corrected chi connectivity index (χ1v) is 3.35. The first-order valence-electron chi connectivity index (χ1n) is 3.35. The Labute approximate surface area is 71.3 Å². The lowest BCUT2D eigenvalue weighted by atomic mass is 10.3. The summed E-state index contributed by atoms with van der Waals surface area (Å²) in [5.74, 6) is -2.58. The van der Waals surface area contributed by atoms with Crippen molar-refractivity contribution in [2.24, 2.45) is 5.73 Å². The Morgan fingerprint density at radius 2 is 2.08 bits per heavy atom. The predicted molar refractivity (Wildman–Crippen MR) is 37.0 cm³/mol. The van der Waals surface area contributed by atoms with Gasteiger partial charge in [-0.15, -0.1) is 0 Å². The second kappa shape index (κ2) is 3.21. The van der Waals surface area contributed by atoms with E-state index in [1.165, 1.54) is 6.07 Å². The molecule has 1 aromatic heterocycles. The van der Waals surface area contributed by atoms with Crippen LogP contribution in [0, 0.1) is 0 Å². The van der Waals surface area contributed by atoms with Gasteiger partial charge in [-0.3, -0.25) is 4.79 Å². The Kier molecular flexibility index (Phi) is 2.42. The van der Waals surface area contributed by atoms with E-state index >= 15 is 0 Å². The summed E-state index contributed by atoms with van der Waals surface area (Å²) in [6.45, 7) is -0.0366. The molecule has 0 amide bonds. The number of halogens is 3. The van der Waals surface area contributed by atoms with Gasteiger partial charge in [-0.2, -0.15) is 13.2 Å². The summed E-state index contributed by atoms with van der Waals surface area (Å²) in [5.41, 5.74) is 5.09. The minimum Gasteiger partial charge on any atom is -0.456 e. The number of nitrogens with two attached hydrogens (primary N) is 1. The van der Waals surface area contributed by atoms with E-state index in [-0.39, 0.29) is 12.3 Å². The maximum absolute atomic E-state index is 11.8. The van der Waals surface area contributed by atoms with Crippen molar-refractivity contribution in [1.82, 2.24) is 0 Å². The fourth-order valence-electron chi connectivity index (χ4n) is 0.749. The van der Waals surface area contributed by atoms with Gasteiger partial charge in [-0.25, -0.2) is 0 Å². The molecule has 3 nitrogen and oxygen atoms in total. The van der Waals surface area contributed by atoms with Gasteiger partial charge >= 0.3 is 12.0 Å². The molecule has 1 heterocycles. The lowest BCUT2D eigenvalue weighted by Crippen LogP contribution is -2.22. The maximum Gasteiger partial charge on any atom is 0.458 e. The molecular formula is C7H6F3NO2. The van der Waals surface area contributed by atoms with Crippen molar-refractivity contribution in [3.63, 3.8) is 0 Å². The van der Waals surface area contributed by atoms with Crippen molar-refractivity contribution in [2.75, 3.05) is 0 Å². The molecular weight excluding hydrogens is 187 g/mol. The van der Waals surface area contributed by atoms with Crippen molar-refractivity contribution in [3.05, 3.63) is 23.7 Å². The highest BCUT2D eigenvalue weighted by Crippen LogP contribution is 2.22. The highest BCUT2D eigenvalue weighted by Gasteiger charge is 2.41. The van der Waals surface area contributed by atoms with E-state index in [4.69, 9.17) is 5.73 Å². The first kappa shape index (κ1) is 9.79. The minimum absolute atomic E-state index is 0.0366. The highest BCUT2D eigenvalue weighted by atomic mass is 19.4. The van der Waals surface area contributed by atoms with Crippen LogP contribution in [0.15, 0.2) is 16.5 Å². The number of Topliss-reactive ketones (excluding diaryl/α,β-unsaturated/α-hetero) is 1. The summed E-state index contributed by atoms with van der Waals surface area (Å²) < 4.78 is 39.9. The van der Waals surface area contributed by atoms with Crippen LogP contribution in [-0.2, 0) is 6.54 Å². The highest BCUT2D eigenvalue weighted by molar-refractivity contribution is 5.97. The van der Waals surface area contributed by atoms with E-state index in [0.717, 1.165) is 6.07 Å². The van der Waals surface area contributed by atoms with Crippen molar-refractivity contribution in [3.8, 4) is 0 Å². The Balaban J connectivity index is 2.90. The summed E-state index contributed by atoms with van der Waals surface area (Å²) >= 11 is 0. The molecule has 0 aliphatic rings. The van der Waals surface area contributed by atoms with Gasteiger partial charge in [0.15, 0.2) is 5.76 Å². The lowest BCUT2D eigenvalue weighted by Gasteiger charge is -2.00. The van der Waals surface area contributed by atoms with Crippen LogP contribution in [0.3, 0.4) is 0 Å². The smallest absolute Gasteiger partial charge is 0.456 e. The fraction of sp³-hybridized carbons (Fsp3) is 0.286. The van der Waals surface area contributed by atoms with Gasteiger partial charge in [-0.05, 0) is 12.1 Å². The zero-order valence-electron chi connectivity index (χ0n) is 6.39. The monoisotopic (exact) mass is 193 g/mol. The van der Waals surface area contributed by atoms with Crippen molar-refractivity contribution in [1.29, 1.82) is 0 Å². The van der Waals surface area contributed by atoms with Crippen LogP contribution < -0.4 is 5.73 Å². The second-order valence-electron chi connectivity index (χ2n) is 2.30. The van der Waals surface area contributed by atoms with E-state index in [2.05, 4.69) is 4.42 Å². The quantitative estimate of drug-likeness (QED) is 0.723. The lowest BCUT2D eigenvalue weighted by molar-refractivity contribution is -0.0899. The Hall–Kier alpha value is -1.30. The molecule has 0 aliphatic heterocycles. The summed E-state index contributed by atoms with van der Waals surface area (Å²) in [6, 6.07) is 2.19. The second-order valence-corrected chi connectivity index (χ2v) is 2.30.